The summed E-state index contributed by atoms with van der Waals surface area (Å²) in [6.45, 7) is 0.818. The molecule has 1 aliphatic rings. The molecule has 3 rings (SSSR count). The molecule has 0 saturated carbocycles. The molecule has 1 aromatic carbocycles. The van der Waals surface area contributed by atoms with Gasteiger partial charge >= 0.3 is 0 Å². The predicted molar refractivity (Wildman–Crippen MR) is 70.1 cm³/mol. The number of carbonyl (C=O) groups excluding carboxylic acids is 1. The Morgan fingerprint density at radius 2 is 2.21 bits per heavy atom. The molecule has 0 atom stereocenters. The van der Waals surface area contributed by atoms with E-state index in [0.717, 1.165) is 16.8 Å². The lowest BCUT2D eigenvalue weighted by Gasteiger charge is -2.15. The molecule has 0 radical (unpaired) electrons. The van der Waals surface area contributed by atoms with Gasteiger partial charge in [-0.25, -0.2) is 0 Å². The predicted octanol–water partition coefficient (Wildman–Crippen LogP) is 0.805. The van der Waals surface area contributed by atoms with Gasteiger partial charge in [0.2, 0.25) is 5.91 Å². The van der Waals surface area contributed by atoms with Crippen LogP contribution in [0.15, 0.2) is 28.8 Å². The van der Waals surface area contributed by atoms with Crippen LogP contribution in [0.2, 0.25) is 0 Å². The normalized spacial score (nSPS) is 13.9. The molecular formula is C13H14N4O2. The van der Waals surface area contributed by atoms with E-state index in [1.165, 1.54) is 0 Å². The fourth-order valence-corrected chi connectivity index (χ4v) is 2.30. The molecule has 1 amide bonds. The molecule has 1 aliphatic heterocycles. The van der Waals surface area contributed by atoms with E-state index in [9.17, 15) is 4.79 Å². The molecular weight excluding hydrogens is 244 g/mol. The lowest BCUT2D eigenvalue weighted by Crippen LogP contribution is -2.25. The van der Waals surface area contributed by atoms with Crippen molar-refractivity contribution in [2.75, 3.05) is 10.6 Å². The van der Waals surface area contributed by atoms with Crippen molar-refractivity contribution in [3.63, 3.8) is 0 Å². The van der Waals surface area contributed by atoms with E-state index in [0.29, 0.717) is 31.1 Å². The Bertz CT molecular complexity index is 635. The Morgan fingerprint density at radius 3 is 2.89 bits per heavy atom. The fraction of sp³-hybridized carbons (Fsp3) is 0.231. The maximum absolute atomic E-state index is 12.0. The highest BCUT2D eigenvalue weighted by atomic mass is 16.5. The number of carbonyl (C=O) groups is 1. The van der Waals surface area contributed by atoms with Crippen LogP contribution in [0.1, 0.15) is 16.9 Å². The lowest BCUT2D eigenvalue weighted by atomic mass is 10.1. The average Bonchev–Trinajstić information content (AvgIpc) is 2.94. The number of hydrogen-bond donors (Lipinski definition) is 2. The van der Waals surface area contributed by atoms with E-state index in [2.05, 4.69) is 5.16 Å². The Kier molecular flexibility index (Phi) is 2.72. The number of hydrogen-bond acceptors (Lipinski definition) is 5. The van der Waals surface area contributed by atoms with Gasteiger partial charge in [0.05, 0.1) is 13.0 Å². The van der Waals surface area contributed by atoms with Crippen LogP contribution < -0.4 is 16.4 Å². The van der Waals surface area contributed by atoms with Crippen molar-refractivity contribution in [1.29, 1.82) is 0 Å². The summed E-state index contributed by atoms with van der Waals surface area (Å²) in [4.78, 5) is 13.7. The minimum absolute atomic E-state index is 0.0409. The maximum Gasteiger partial charge on any atom is 0.231 e. The molecule has 0 aliphatic carbocycles. The third kappa shape index (κ3) is 2.06. The van der Waals surface area contributed by atoms with E-state index in [1.807, 2.05) is 18.2 Å². The van der Waals surface area contributed by atoms with Crippen LogP contribution >= 0.6 is 0 Å². The van der Waals surface area contributed by atoms with Crippen LogP contribution in [0.5, 0.6) is 0 Å². The average molecular weight is 258 g/mol. The van der Waals surface area contributed by atoms with Crippen molar-refractivity contribution in [2.45, 2.75) is 19.5 Å². The first kappa shape index (κ1) is 11.7. The highest BCUT2D eigenvalue weighted by Gasteiger charge is 2.28. The third-order valence-corrected chi connectivity index (χ3v) is 3.20. The maximum atomic E-state index is 12.0. The molecule has 2 heterocycles. The van der Waals surface area contributed by atoms with E-state index in [4.69, 9.17) is 16.0 Å². The van der Waals surface area contributed by atoms with Crippen molar-refractivity contribution >= 4 is 17.4 Å². The number of nitrogens with two attached hydrogens (primary N) is 2. The molecule has 98 valence electrons. The van der Waals surface area contributed by atoms with Gasteiger partial charge in [-0.15, -0.1) is 0 Å². The summed E-state index contributed by atoms with van der Waals surface area (Å²) in [6, 6.07) is 7.45. The smallest absolute Gasteiger partial charge is 0.231 e. The second-order valence-electron chi connectivity index (χ2n) is 4.54. The standard InChI is InChI=1S/C13H14N4O2/c14-6-8-1-2-11-9(3-8)4-13(18)17(11)7-10-5-12(15)16-19-10/h1-3,5H,4,6-7,14H2,(H2,15,16). The SMILES string of the molecule is NCc1ccc2c(c1)CC(=O)N2Cc1cc(N)no1. The molecule has 0 fully saturated rings. The van der Waals surface area contributed by atoms with Crippen LogP contribution in [0.25, 0.3) is 0 Å². The van der Waals surface area contributed by atoms with Crippen LogP contribution in [0.4, 0.5) is 11.5 Å². The Morgan fingerprint density at radius 1 is 1.37 bits per heavy atom. The highest BCUT2D eigenvalue weighted by Crippen LogP contribution is 2.31. The lowest BCUT2D eigenvalue weighted by molar-refractivity contribution is -0.117. The summed E-state index contributed by atoms with van der Waals surface area (Å²) in [6.07, 6.45) is 0.396. The fourth-order valence-electron chi connectivity index (χ4n) is 2.30. The number of rotatable bonds is 3. The van der Waals surface area contributed by atoms with E-state index in [-0.39, 0.29) is 5.91 Å². The number of nitrogens with zero attached hydrogens (tertiary/aromatic N) is 2. The molecule has 6 heteroatoms. The molecule has 0 unspecified atom stereocenters. The summed E-state index contributed by atoms with van der Waals surface area (Å²) in [5.74, 6) is 0.932. The molecule has 6 nitrogen and oxygen atoms in total. The zero-order chi connectivity index (χ0) is 13.4. The number of fused-ring (bicyclic) bond motifs is 1. The number of anilines is 2. The second-order valence-corrected chi connectivity index (χ2v) is 4.54. The van der Waals surface area contributed by atoms with Gasteiger partial charge in [-0.3, -0.25) is 4.79 Å². The quantitative estimate of drug-likeness (QED) is 0.848. The highest BCUT2D eigenvalue weighted by molar-refractivity contribution is 6.01. The summed E-state index contributed by atoms with van der Waals surface area (Å²) < 4.78 is 5.05. The van der Waals surface area contributed by atoms with E-state index in [1.54, 1.807) is 11.0 Å². The van der Waals surface area contributed by atoms with Gasteiger partial charge in [-0.2, -0.15) is 0 Å². The van der Waals surface area contributed by atoms with Gasteiger partial charge in [0.1, 0.15) is 0 Å². The molecule has 4 N–H and O–H groups in total. The van der Waals surface area contributed by atoms with Crippen LogP contribution in [0, 0.1) is 0 Å². The van der Waals surface area contributed by atoms with Crippen molar-refractivity contribution in [2.24, 2.45) is 5.73 Å². The minimum Gasteiger partial charge on any atom is -0.381 e. The molecule has 19 heavy (non-hydrogen) atoms. The molecule has 2 aromatic rings. The van der Waals surface area contributed by atoms with Crippen LogP contribution in [-0.4, -0.2) is 11.1 Å². The van der Waals surface area contributed by atoms with E-state index >= 15 is 0 Å². The molecule has 0 spiro atoms. The summed E-state index contributed by atoms with van der Waals surface area (Å²) in [5, 5.41) is 3.62. The van der Waals surface area contributed by atoms with Gasteiger partial charge in [0.25, 0.3) is 0 Å². The summed E-state index contributed by atoms with van der Waals surface area (Å²) in [5.41, 5.74) is 14.0. The summed E-state index contributed by atoms with van der Waals surface area (Å²) >= 11 is 0. The first-order valence-corrected chi connectivity index (χ1v) is 6.00. The number of nitrogen functional groups attached to an aromatic ring is 1. The van der Waals surface area contributed by atoms with Gasteiger partial charge in [-0.05, 0) is 17.2 Å². The molecule has 1 aromatic heterocycles. The van der Waals surface area contributed by atoms with Crippen molar-refractivity contribution < 1.29 is 9.32 Å². The van der Waals surface area contributed by atoms with Crippen LogP contribution in [0.3, 0.4) is 0 Å². The second kappa shape index (κ2) is 4.40. The first-order chi connectivity index (χ1) is 9.17. The van der Waals surface area contributed by atoms with Gasteiger partial charge in [0.15, 0.2) is 11.6 Å². The van der Waals surface area contributed by atoms with E-state index < -0.39 is 0 Å². The number of aromatic nitrogens is 1. The largest absolute Gasteiger partial charge is 0.381 e. The monoisotopic (exact) mass is 258 g/mol. The van der Waals surface area contributed by atoms with Crippen molar-refractivity contribution in [3.05, 3.63) is 41.2 Å². The molecule has 0 saturated heterocycles. The van der Waals surface area contributed by atoms with Crippen LogP contribution in [-0.2, 0) is 24.3 Å². The number of amides is 1. The zero-order valence-electron chi connectivity index (χ0n) is 10.3. The van der Waals surface area contributed by atoms with Gasteiger partial charge in [0, 0.05) is 18.3 Å². The van der Waals surface area contributed by atoms with Gasteiger partial charge in [-0.1, -0.05) is 17.3 Å². The molecule has 0 bridgehead atoms. The van der Waals surface area contributed by atoms with Gasteiger partial charge < -0.3 is 20.9 Å². The van der Waals surface area contributed by atoms with Crippen molar-refractivity contribution in [3.8, 4) is 0 Å². The zero-order valence-corrected chi connectivity index (χ0v) is 10.3. The summed E-state index contributed by atoms with van der Waals surface area (Å²) in [7, 11) is 0. The third-order valence-electron chi connectivity index (χ3n) is 3.20. The topological polar surface area (TPSA) is 98.4 Å². The Hall–Kier alpha value is -2.34. The Labute approximate surface area is 110 Å². The Balaban J connectivity index is 1.90. The van der Waals surface area contributed by atoms with Crippen molar-refractivity contribution in [1.82, 2.24) is 5.16 Å². The minimum atomic E-state index is 0.0409. The first-order valence-electron chi connectivity index (χ1n) is 6.00. The number of benzene rings is 1.